The lowest BCUT2D eigenvalue weighted by atomic mass is 9.94. The van der Waals surface area contributed by atoms with E-state index < -0.39 is 10.0 Å². The molecule has 3 heterocycles. The first-order valence-electron chi connectivity index (χ1n) is 11.2. The molecular formula is C25H29N6O2S+. The summed E-state index contributed by atoms with van der Waals surface area (Å²) in [5.41, 5.74) is 5.54. The standard InChI is InChI=1S/C25H29N6O2S/c1-29-17-26-13-23(29)15-30-14-22(28-34(32,33)25-16-31(2,3)18-27-25)12-21-11-20(9-10-24(21)30)19-7-5-4-6-8-19/h4-11,13,16-18,22,28H,12,14-15H2,1-3H3/q+1. The Hall–Kier alpha value is -3.27. The summed E-state index contributed by atoms with van der Waals surface area (Å²) >= 11 is 0. The third-order valence-electron chi connectivity index (χ3n) is 6.23. The van der Waals surface area contributed by atoms with E-state index in [9.17, 15) is 8.42 Å². The fraction of sp³-hybridized carbons (Fsp3) is 0.280. The molecule has 9 heteroatoms. The van der Waals surface area contributed by atoms with Gasteiger partial charge in [-0.05, 0) is 35.2 Å². The van der Waals surface area contributed by atoms with Crippen molar-refractivity contribution in [3.8, 4) is 11.1 Å². The van der Waals surface area contributed by atoms with E-state index in [2.05, 4.69) is 49.9 Å². The number of nitrogens with one attached hydrogen (secondary N) is 1. The molecule has 0 saturated carbocycles. The second-order valence-electron chi connectivity index (χ2n) is 9.45. The maximum absolute atomic E-state index is 13.1. The van der Waals surface area contributed by atoms with Gasteiger partial charge in [-0.3, -0.25) is 4.48 Å². The molecule has 1 N–H and O–H groups in total. The third-order valence-corrected chi connectivity index (χ3v) is 7.63. The molecule has 0 amide bonds. The minimum Gasteiger partial charge on any atom is -0.364 e. The molecule has 0 saturated heterocycles. The van der Waals surface area contributed by atoms with Crippen LogP contribution in [0.5, 0.6) is 0 Å². The Labute approximate surface area is 200 Å². The molecule has 0 aliphatic carbocycles. The summed E-state index contributed by atoms with van der Waals surface area (Å²) in [7, 11) is 1.99. The highest BCUT2D eigenvalue weighted by Gasteiger charge is 2.33. The zero-order chi connectivity index (χ0) is 23.9. The highest BCUT2D eigenvalue weighted by atomic mass is 32.2. The number of imidazole rings is 1. The molecule has 2 aliphatic heterocycles. The largest absolute Gasteiger partial charge is 0.364 e. The van der Waals surface area contributed by atoms with Gasteiger partial charge in [0.05, 0.1) is 32.7 Å². The van der Waals surface area contributed by atoms with Gasteiger partial charge in [-0.1, -0.05) is 36.4 Å². The van der Waals surface area contributed by atoms with Crippen molar-refractivity contribution in [1.82, 2.24) is 14.3 Å². The molecule has 2 aliphatic rings. The van der Waals surface area contributed by atoms with Crippen molar-refractivity contribution >= 4 is 22.0 Å². The van der Waals surface area contributed by atoms with Crippen LogP contribution < -0.4 is 9.62 Å². The Morgan fingerprint density at radius 1 is 1.12 bits per heavy atom. The molecule has 34 heavy (non-hydrogen) atoms. The first-order valence-corrected chi connectivity index (χ1v) is 12.7. The Bertz CT molecular complexity index is 1380. The lowest BCUT2D eigenvalue weighted by molar-refractivity contribution is -0.732. The van der Waals surface area contributed by atoms with Crippen LogP contribution in [0, 0.1) is 0 Å². The van der Waals surface area contributed by atoms with Gasteiger partial charge in [0.25, 0.3) is 10.0 Å². The van der Waals surface area contributed by atoms with Crippen molar-refractivity contribution < 1.29 is 12.9 Å². The lowest BCUT2D eigenvalue weighted by Crippen LogP contribution is -2.48. The van der Waals surface area contributed by atoms with Gasteiger partial charge in [-0.25, -0.2) is 18.1 Å². The zero-order valence-electron chi connectivity index (χ0n) is 19.6. The maximum atomic E-state index is 13.1. The van der Waals surface area contributed by atoms with E-state index in [-0.39, 0.29) is 11.1 Å². The van der Waals surface area contributed by atoms with Gasteiger partial charge in [0.2, 0.25) is 5.03 Å². The summed E-state index contributed by atoms with van der Waals surface area (Å²) in [6, 6.07) is 16.4. The molecular weight excluding hydrogens is 448 g/mol. The molecule has 0 fully saturated rings. The van der Waals surface area contributed by atoms with E-state index in [1.165, 1.54) is 0 Å². The van der Waals surface area contributed by atoms with Crippen LogP contribution in [-0.2, 0) is 30.0 Å². The summed E-state index contributed by atoms with van der Waals surface area (Å²) < 4.78 is 31.5. The predicted octanol–water partition coefficient (Wildman–Crippen LogP) is 2.86. The second-order valence-corrected chi connectivity index (χ2v) is 11.1. The van der Waals surface area contributed by atoms with Gasteiger partial charge in [0.1, 0.15) is 6.20 Å². The average Bonchev–Trinajstić information content (AvgIpc) is 3.38. The van der Waals surface area contributed by atoms with Crippen molar-refractivity contribution in [2.75, 3.05) is 25.5 Å². The summed E-state index contributed by atoms with van der Waals surface area (Å²) in [4.78, 5) is 10.6. The third kappa shape index (κ3) is 4.54. The monoisotopic (exact) mass is 477 g/mol. The van der Waals surface area contributed by atoms with Crippen molar-refractivity contribution in [3.05, 3.63) is 83.5 Å². The fourth-order valence-electron chi connectivity index (χ4n) is 4.50. The zero-order valence-corrected chi connectivity index (χ0v) is 20.4. The second kappa shape index (κ2) is 8.50. The van der Waals surface area contributed by atoms with E-state index in [1.807, 2.05) is 50.1 Å². The van der Waals surface area contributed by atoms with Crippen LogP contribution in [-0.4, -0.2) is 55.5 Å². The summed E-state index contributed by atoms with van der Waals surface area (Å²) in [5, 5.41) is 0.0690. The van der Waals surface area contributed by atoms with E-state index in [0.29, 0.717) is 24.0 Å². The van der Waals surface area contributed by atoms with Gasteiger partial charge in [0, 0.05) is 31.5 Å². The maximum Gasteiger partial charge on any atom is 0.263 e. The number of fused-ring (bicyclic) bond motifs is 1. The van der Waals surface area contributed by atoms with Crippen molar-refractivity contribution in [2.24, 2.45) is 12.0 Å². The number of hydrogen-bond acceptors (Lipinski definition) is 5. The van der Waals surface area contributed by atoms with Crippen LogP contribution in [0.15, 0.2) is 77.3 Å². The Morgan fingerprint density at radius 3 is 2.59 bits per heavy atom. The number of sulfonamides is 1. The number of aromatic nitrogens is 2. The molecule has 1 aromatic heterocycles. The molecule has 5 rings (SSSR count). The SMILES string of the molecule is Cn1cncc1CN1CC(NS(=O)(=O)C2=C[N+](C)(C)C=N2)Cc2cc(-c3ccccc3)ccc21. The van der Waals surface area contributed by atoms with Crippen LogP contribution >= 0.6 is 0 Å². The molecule has 0 spiro atoms. The summed E-state index contributed by atoms with van der Waals surface area (Å²) in [6.45, 7) is 1.19. The molecule has 0 radical (unpaired) electrons. The van der Waals surface area contributed by atoms with Gasteiger partial charge in [-0.15, -0.1) is 0 Å². The molecule has 0 bridgehead atoms. The van der Waals surface area contributed by atoms with Crippen LogP contribution in [0.2, 0.25) is 0 Å². The average molecular weight is 478 g/mol. The van der Waals surface area contributed by atoms with E-state index in [1.54, 1.807) is 18.9 Å². The Balaban J connectivity index is 1.47. The van der Waals surface area contributed by atoms with Crippen LogP contribution in [0.25, 0.3) is 11.1 Å². The summed E-state index contributed by atoms with van der Waals surface area (Å²) in [6.07, 6.45) is 7.49. The molecule has 1 atom stereocenters. The predicted molar refractivity (Wildman–Crippen MR) is 134 cm³/mol. The van der Waals surface area contributed by atoms with Crippen LogP contribution in [0.4, 0.5) is 5.69 Å². The first-order chi connectivity index (χ1) is 16.2. The highest BCUT2D eigenvalue weighted by Crippen LogP contribution is 2.33. The summed E-state index contributed by atoms with van der Waals surface area (Å²) in [5.74, 6) is 0. The fourth-order valence-corrected chi connectivity index (χ4v) is 5.81. The first kappa shape index (κ1) is 22.5. The van der Waals surface area contributed by atoms with Gasteiger partial charge >= 0.3 is 0 Å². The number of rotatable bonds is 6. The normalized spacial score (nSPS) is 19.2. The number of aryl methyl sites for hydroxylation is 1. The van der Waals surface area contributed by atoms with E-state index in [0.717, 1.165) is 28.1 Å². The minimum absolute atomic E-state index is 0.0690. The number of nitrogens with zero attached hydrogens (tertiary/aromatic N) is 5. The van der Waals surface area contributed by atoms with Crippen molar-refractivity contribution in [3.63, 3.8) is 0 Å². The molecule has 8 nitrogen and oxygen atoms in total. The number of anilines is 1. The van der Waals surface area contributed by atoms with Gasteiger partial charge in [0.15, 0.2) is 6.34 Å². The number of benzene rings is 2. The van der Waals surface area contributed by atoms with E-state index >= 15 is 0 Å². The number of quaternary nitrogens is 1. The highest BCUT2D eigenvalue weighted by molar-refractivity contribution is 7.93. The smallest absolute Gasteiger partial charge is 0.263 e. The molecule has 2 aromatic carbocycles. The van der Waals surface area contributed by atoms with Crippen molar-refractivity contribution in [2.45, 2.75) is 19.0 Å². The Morgan fingerprint density at radius 2 is 1.91 bits per heavy atom. The Kier molecular flexibility index (Phi) is 5.63. The number of hydrogen-bond donors (Lipinski definition) is 1. The molecule has 176 valence electrons. The quantitative estimate of drug-likeness (QED) is 0.554. The minimum atomic E-state index is -3.74. The van der Waals surface area contributed by atoms with Gasteiger partial charge in [-0.2, -0.15) is 4.99 Å². The topological polar surface area (TPSA) is 79.6 Å². The number of aliphatic imine (C=N–C) groups is 1. The molecule has 1 unspecified atom stereocenters. The van der Waals surface area contributed by atoms with Gasteiger partial charge < -0.3 is 9.47 Å². The van der Waals surface area contributed by atoms with E-state index in [4.69, 9.17) is 0 Å². The molecule has 3 aromatic rings. The lowest BCUT2D eigenvalue weighted by Gasteiger charge is -2.36. The van der Waals surface area contributed by atoms with Crippen LogP contribution in [0.3, 0.4) is 0 Å². The van der Waals surface area contributed by atoms with Crippen LogP contribution in [0.1, 0.15) is 11.3 Å². The van der Waals surface area contributed by atoms with Crippen molar-refractivity contribution in [1.29, 1.82) is 0 Å².